The standard InChI is InChI=1S/C25H32N2O5.Na.H/c1-2-3-6-13-26-24(30)19-15-31-25(27-19)23-18(20-10-11-21(23)32-20)14-17-8-5-4-7-16(17)9-12-22(28)29;;/h4-5,7-8,15,18,20-21,23H,2-3,6,9-14H2,1H3,(H,26,30)(H,28,29);;/q;+1;-1/t18-,20-,21+,23+;;/m0../s1. The minimum absolute atomic E-state index is 0. The average Bonchev–Trinajstić information content (AvgIpc) is 3.52. The number of nitrogens with zero attached hydrogens (tertiary/aromatic N) is 1. The number of carboxylic acid groups (broad SMARTS) is 1. The normalized spacial score (nSPS) is 23.3. The first-order chi connectivity index (χ1) is 15.6. The third-order valence-corrected chi connectivity index (χ3v) is 6.71. The Morgan fingerprint density at radius 1 is 1.18 bits per heavy atom. The molecule has 0 spiro atoms. The van der Waals surface area contributed by atoms with Crippen molar-refractivity contribution in [2.45, 2.75) is 76.4 Å². The number of fused-ring (bicyclic) bond motifs is 2. The van der Waals surface area contributed by atoms with Gasteiger partial charge in [0, 0.05) is 18.9 Å². The zero-order chi connectivity index (χ0) is 22.5. The summed E-state index contributed by atoms with van der Waals surface area (Å²) in [6, 6.07) is 8.03. The Bertz CT molecular complexity index is 953. The van der Waals surface area contributed by atoms with Crippen molar-refractivity contribution in [3.8, 4) is 0 Å². The van der Waals surface area contributed by atoms with Crippen molar-refractivity contribution in [3.63, 3.8) is 0 Å². The number of carboxylic acids is 1. The molecule has 0 radical (unpaired) electrons. The van der Waals surface area contributed by atoms with Crippen LogP contribution in [0.25, 0.3) is 0 Å². The van der Waals surface area contributed by atoms with Gasteiger partial charge < -0.3 is 21.0 Å². The minimum Gasteiger partial charge on any atom is -1.00 e. The maximum atomic E-state index is 12.4. The molecule has 2 bridgehead atoms. The Balaban J connectivity index is 0.00000204. The maximum absolute atomic E-state index is 12.4. The first-order valence-corrected chi connectivity index (χ1v) is 11.7. The van der Waals surface area contributed by atoms with E-state index in [0.29, 0.717) is 24.6 Å². The molecule has 1 aromatic heterocycles. The average molecular weight is 465 g/mol. The van der Waals surface area contributed by atoms with E-state index in [9.17, 15) is 9.59 Å². The smallest absolute Gasteiger partial charge is 1.00 e. The summed E-state index contributed by atoms with van der Waals surface area (Å²) in [4.78, 5) is 28.0. The topological polar surface area (TPSA) is 102 Å². The predicted molar refractivity (Wildman–Crippen MR) is 120 cm³/mol. The molecule has 1 amide bonds. The zero-order valence-corrected chi connectivity index (χ0v) is 21.6. The molecular weight excluding hydrogens is 431 g/mol. The number of aliphatic carboxylic acids is 1. The minimum atomic E-state index is -0.791. The van der Waals surface area contributed by atoms with Gasteiger partial charge in [-0.1, -0.05) is 44.0 Å². The molecule has 174 valence electrons. The number of nitrogens with one attached hydrogen (secondary N) is 1. The molecule has 0 aliphatic carbocycles. The second-order valence-electron chi connectivity index (χ2n) is 8.88. The molecule has 4 rings (SSSR count). The molecule has 4 atom stereocenters. The van der Waals surface area contributed by atoms with Crippen LogP contribution in [0.2, 0.25) is 0 Å². The monoisotopic (exact) mass is 464 g/mol. The van der Waals surface area contributed by atoms with Crippen molar-refractivity contribution in [1.29, 1.82) is 0 Å². The van der Waals surface area contributed by atoms with Gasteiger partial charge in [-0.05, 0) is 43.2 Å². The van der Waals surface area contributed by atoms with E-state index in [-0.39, 0.29) is 67.4 Å². The van der Waals surface area contributed by atoms with Gasteiger partial charge in [0.1, 0.15) is 6.26 Å². The quantitative estimate of drug-likeness (QED) is 0.383. The molecule has 2 aromatic rings. The van der Waals surface area contributed by atoms with E-state index >= 15 is 0 Å². The van der Waals surface area contributed by atoms with E-state index < -0.39 is 5.97 Å². The van der Waals surface area contributed by atoms with Crippen LogP contribution in [-0.2, 0) is 22.4 Å². The van der Waals surface area contributed by atoms with Gasteiger partial charge in [-0.3, -0.25) is 9.59 Å². The molecule has 33 heavy (non-hydrogen) atoms. The van der Waals surface area contributed by atoms with Crippen LogP contribution in [-0.4, -0.2) is 40.7 Å². The number of oxazole rings is 1. The van der Waals surface area contributed by atoms with Crippen molar-refractivity contribution in [2.75, 3.05) is 6.54 Å². The van der Waals surface area contributed by atoms with Crippen LogP contribution < -0.4 is 34.9 Å². The third-order valence-electron chi connectivity index (χ3n) is 6.71. The predicted octanol–water partition coefficient (Wildman–Crippen LogP) is 1.23. The number of aromatic nitrogens is 1. The fourth-order valence-electron chi connectivity index (χ4n) is 5.08. The second-order valence-corrected chi connectivity index (χ2v) is 8.88. The number of hydrogen-bond acceptors (Lipinski definition) is 5. The van der Waals surface area contributed by atoms with Gasteiger partial charge in [-0.15, -0.1) is 0 Å². The van der Waals surface area contributed by atoms with Crippen molar-refractivity contribution in [1.82, 2.24) is 10.3 Å². The second kappa shape index (κ2) is 12.2. The van der Waals surface area contributed by atoms with Crippen LogP contribution in [0.5, 0.6) is 0 Å². The van der Waals surface area contributed by atoms with Crippen LogP contribution in [0.4, 0.5) is 0 Å². The van der Waals surface area contributed by atoms with Crippen molar-refractivity contribution in [2.24, 2.45) is 5.92 Å². The number of benzene rings is 1. The molecule has 2 saturated heterocycles. The molecule has 3 heterocycles. The van der Waals surface area contributed by atoms with Crippen LogP contribution >= 0.6 is 0 Å². The molecule has 2 aliphatic rings. The number of ether oxygens (including phenoxy) is 1. The Labute approximate surface area is 218 Å². The Morgan fingerprint density at radius 2 is 1.94 bits per heavy atom. The molecular formula is C25H33N2NaO5. The number of amides is 1. The van der Waals surface area contributed by atoms with Gasteiger partial charge in [-0.2, -0.15) is 0 Å². The zero-order valence-electron chi connectivity index (χ0n) is 20.6. The number of aryl methyl sites for hydroxylation is 1. The maximum Gasteiger partial charge on any atom is 1.00 e. The van der Waals surface area contributed by atoms with E-state index in [2.05, 4.69) is 23.3 Å². The summed E-state index contributed by atoms with van der Waals surface area (Å²) in [5.41, 5.74) is 2.54. The Kier molecular flexibility index (Phi) is 9.56. The first kappa shape index (κ1) is 25.9. The van der Waals surface area contributed by atoms with E-state index in [4.69, 9.17) is 14.3 Å². The fraction of sp³-hybridized carbons (Fsp3) is 0.560. The van der Waals surface area contributed by atoms with Gasteiger partial charge in [0.25, 0.3) is 5.91 Å². The summed E-state index contributed by atoms with van der Waals surface area (Å²) in [5, 5.41) is 12.0. The Morgan fingerprint density at radius 3 is 2.70 bits per heavy atom. The molecule has 1 aromatic carbocycles. The molecule has 2 N–H and O–H groups in total. The molecule has 7 nitrogen and oxygen atoms in total. The van der Waals surface area contributed by atoms with Gasteiger partial charge in [0.2, 0.25) is 5.89 Å². The number of unbranched alkanes of at least 4 members (excludes halogenated alkanes) is 2. The van der Waals surface area contributed by atoms with Crippen LogP contribution in [0, 0.1) is 5.92 Å². The summed E-state index contributed by atoms with van der Waals surface area (Å²) < 4.78 is 12.0. The summed E-state index contributed by atoms with van der Waals surface area (Å²) in [7, 11) is 0. The van der Waals surface area contributed by atoms with Crippen LogP contribution in [0.1, 0.15) is 80.3 Å². The van der Waals surface area contributed by atoms with E-state index in [1.54, 1.807) is 0 Å². The van der Waals surface area contributed by atoms with Gasteiger partial charge in [-0.25, -0.2) is 4.98 Å². The third kappa shape index (κ3) is 6.27. The SMILES string of the molecule is CCCCCNC(=O)c1coc([C@@H]2[C@@H](Cc3ccccc3CCC(=O)O)[C@@H]3CC[C@H]2O3)n1.[H-].[Na+]. The first-order valence-electron chi connectivity index (χ1n) is 11.7. The number of carbonyl (C=O) groups excluding carboxylic acids is 1. The molecule has 0 unspecified atom stereocenters. The van der Waals surface area contributed by atoms with Crippen LogP contribution in [0.15, 0.2) is 34.9 Å². The Hall–Kier alpha value is -1.67. The van der Waals surface area contributed by atoms with Crippen molar-refractivity contribution in [3.05, 3.63) is 53.2 Å². The van der Waals surface area contributed by atoms with Crippen LogP contribution in [0.3, 0.4) is 0 Å². The number of carbonyl (C=O) groups is 2. The van der Waals surface area contributed by atoms with Crippen molar-refractivity contribution >= 4 is 11.9 Å². The summed E-state index contributed by atoms with van der Waals surface area (Å²) in [6.07, 6.45) is 8.17. The molecule has 8 heteroatoms. The molecule has 2 fully saturated rings. The van der Waals surface area contributed by atoms with Gasteiger partial charge >= 0.3 is 35.5 Å². The number of hydrogen-bond donors (Lipinski definition) is 2. The summed E-state index contributed by atoms with van der Waals surface area (Å²) in [6.45, 7) is 2.77. The largest absolute Gasteiger partial charge is 1.00 e. The van der Waals surface area contributed by atoms with E-state index in [1.807, 2.05) is 18.2 Å². The fourth-order valence-corrected chi connectivity index (χ4v) is 5.08. The molecule has 2 aliphatic heterocycles. The number of rotatable bonds is 11. The summed E-state index contributed by atoms with van der Waals surface area (Å²) >= 11 is 0. The molecule has 0 saturated carbocycles. The summed E-state index contributed by atoms with van der Waals surface area (Å²) in [5.74, 6) is -0.220. The van der Waals surface area contributed by atoms with Gasteiger partial charge in [0.15, 0.2) is 5.69 Å². The van der Waals surface area contributed by atoms with Gasteiger partial charge in [0.05, 0.1) is 18.1 Å². The van der Waals surface area contributed by atoms with Crippen molar-refractivity contribution < 1.29 is 54.8 Å². The van der Waals surface area contributed by atoms with E-state index in [0.717, 1.165) is 49.7 Å². The van der Waals surface area contributed by atoms with E-state index in [1.165, 1.54) is 6.26 Å².